The Morgan fingerprint density at radius 3 is 3.07 bits per heavy atom. The van der Waals surface area contributed by atoms with E-state index in [1.165, 1.54) is 5.56 Å². The van der Waals surface area contributed by atoms with Gasteiger partial charge < -0.3 is 5.73 Å². The molecule has 2 aromatic rings. The minimum atomic E-state index is 0.727. The van der Waals surface area contributed by atoms with E-state index in [1.54, 1.807) is 4.68 Å². The third kappa shape index (κ3) is 1.61. The first-order valence-corrected chi connectivity index (χ1v) is 4.78. The number of aryl methyl sites for hydroxylation is 2. The molecule has 0 amide bonds. The lowest BCUT2D eigenvalue weighted by Crippen LogP contribution is -2.00. The Balaban J connectivity index is 2.32. The van der Waals surface area contributed by atoms with E-state index in [0.29, 0.717) is 0 Å². The normalized spacial score (nSPS) is 11.0. The van der Waals surface area contributed by atoms with Gasteiger partial charge >= 0.3 is 0 Å². The monoisotopic (exact) mass is 190 g/mol. The Morgan fingerprint density at radius 1 is 1.43 bits per heavy atom. The zero-order valence-corrected chi connectivity index (χ0v) is 8.27. The van der Waals surface area contributed by atoms with E-state index in [4.69, 9.17) is 5.73 Å². The van der Waals surface area contributed by atoms with Crippen LogP contribution in [0.4, 0.5) is 0 Å². The van der Waals surface area contributed by atoms with Crippen LogP contribution in [0.25, 0.3) is 11.0 Å². The third-order valence-electron chi connectivity index (χ3n) is 2.30. The maximum absolute atomic E-state index is 5.46. The second kappa shape index (κ2) is 3.75. The van der Waals surface area contributed by atoms with Gasteiger partial charge in [0.15, 0.2) is 5.65 Å². The van der Waals surface area contributed by atoms with Crippen LogP contribution in [0.5, 0.6) is 0 Å². The Bertz CT molecular complexity index is 433. The summed E-state index contributed by atoms with van der Waals surface area (Å²) < 4.78 is 1.78. The molecule has 74 valence electrons. The van der Waals surface area contributed by atoms with Gasteiger partial charge in [-0.05, 0) is 31.0 Å². The van der Waals surface area contributed by atoms with Crippen molar-refractivity contribution in [2.24, 2.45) is 12.8 Å². The highest BCUT2D eigenvalue weighted by Gasteiger charge is 2.01. The van der Waals surface area contributed by atoms with Crippen LogP contribution in [-0.2, 0) is 13.5 Å². The number of rotatable bonds is 3. The van der Waals surface area contributed by atoms with E-state index in [2.05, 4.69) is 16.1 Å². The molecule has 0 fully saturated rings. The first kappa shape index (κ1) is 9.15. The average molecular weight is 190 g/mol. The number of nitrogens with zero attached hydrogens (tertiary/aromatic N) is 3. The molecule has 0 bridgehead atoms. The first-order chi connectivity index (χ1) is 6.81. The molecular formula is C10H14N4. The molecule has 0 aliphatic rings. The number of nitrogens with two attached hydrogens (primary N) is 1. The topological polar surface area (TPSA) is 56.7 Å². The molecule has 14 heavy (non-hydrogen) atoms. The fourth-order valence-electron chi connectivity index (χ4n) is 1.53. The predicted molar refractivity (Wildman–Crippen MR) is 55.9 cm³/mol. The van der Waals surface area contributed by atoms with E-state index < -0.39 is 0 Å². The Morgan fingerprint density at radius 2 is 2.29 bits per heavy atom. The molecule has 0 atom stereocenters. The summed E-state index contributed by atoms with van der Waals surface area (Å²) in [6.45, 7) is 0.727. The summed E-state index contributed by atoms with van der Waals surface area (Å²) in [5.74, 6) is 0. The molecular weight excluding hydrogens is 176 g/mol. The van der Waals surface area contributed by atoms with Crippen molar-refractivity contribution in [3.63, 3.8) is 0 Å². The van der Waals surface area contributed by atoms with Crippen molar-refractivity contribution in [3.05, 3.63) is 24.0 Å². The van der Waals surface area contributed by atoms with E-state index in [0.717, 1.165) is 30.4 Å². The van der Waals surface area contributed by atoms with E-state index in [-0.39, 0.29) is 0 Å². The van der Waals surface area contributed by atoms with Gasteiger partial charge in [0.25, 0.3) is 0 Å². The molecule has 0 saturated carbocycles. The van der Waals surface area contributed by atoms with Gasteiger partial charge in [-0.3, -0.25) is 4.68 Å². The average Bonchev–Trinajstić information content (AvgIpc) is 2.57. The third-order valence-corrected chi connectivity index (χ3v) is 2.30. The largest absolute Gasteiger partial charge is 0.330 e. The summed E-state index contributed by atoms with van der Waals surface area (Å²) in [4.78, 5) is 4.35. The van der Waals surface area contributed by atoms with Gasteiger partial charge in [0.1, 0.15) is 0 Å². The molecule has 0 unspecified atom stereocenters. The molecule has 0 spiro atoms. The fourth-order valence-corrected chi connectivity index (χ4v) is 1.53. The van der Waals surface area contributed by atoms with Gasteiger partial charge in [-0.15, -0.1) is 0 Å². The second-order valence-electron chi connectivity index (χ2n) is 3.42. The molecule has 0 aromatic carbocycles. The Kier molecular flexibility index (Phi) is 2.45. The second-order valence-corrected chi connectivity index (χ2v) is 3.42. The number of aromatic nitrogens is 3. The standard InChI is InChI=1S/C10H14N4/c1-14-10-9(7-13-14)5-8(6-12-10)3-2-4-11/h5-7H,2-4,11H2,1H3. The number of hydrogen-bond donors (Lipinski definition) is 1. The number of fused-ring (bicyclic) bond motifs is 1. The molecule has 2 aromatic heterocycles. The summed E-state index contributed by atoms with van der Waals surface area (Å²) in [5, 5.41) is 5.25. The van der Waals surface area contributed by atoms with Crippen LogP contribution in [0, 0.1) is 0 Å². The Hall–Kier alpha value is -1.42. The predicted octanol–water partition coefficient (Wildman–Crippen LogP) is 0.860. The van der Waals surface area contributed by atoms with Crippen LogP contribution in [-0.4, -0.2) is 21.3 Å². The van der Waals surface area contributed by atoms with Gasteiger partial charge in [-0.2, -0.15) is 5.10 Å². The van der Waals surface area contributed by atoms with Crippen molar-refractivity contribution in [2.45, 2.75) is 12.8 Å². The number of hydrogen-bond acceptors (Lipinski definition) is 3. The summed E-state index contributed by atoms with van der Waals surface area (Å²) in [6, 6.07) is 2.13. The lowest BCUT2D eigenvalue weighted by molar-refractivity contribution is 0.784. The summed E-state index contributed by atoms with van der Waals surface area (Å²) >= 11 is 0. The lowest BCUT2D eigenvalue weighted by Gasteiger charge is -1.99. The molecule has 0 radical (unpaired) electrons. The molecule has 0 aliphatic carbocycles. The van der Waals surface area contributed by atoms with Crippen molar-refractivity contribution in [3.8, 4) is 0 Å². The molecule has 2 rings (SSSR count). The van der Waals surface area contributed by atoms with Crippen LogP contribution in [0.3, 0.4) is 0 Å². The molecule has 2 heterocycles. The van der Waals surface area contributed by atoms with Crippen LogP contribution in [0.2, 0.25) is 0 Å². The van der Waals surface area contributed by atoms with Gasteiger partial charge in [0, 0.05) is 18.6 Å². The fraction of sp³-hybridized carbons (Fsp3) is 0.400. The molecule has 2 N–H and O–H groups in total. The summed E-state index contributed by atoms with van der Waals surface area (Å²) in [5.41, 5.74) is 7.62. The van der Waals surface area contributed by atoms with E-state index >= 15 is 0 Å². The van der Waals surface area contributed by atoms with Gasteiger partial charge in [-0.1, -0.05) is 0 Å². The quantitative estimate of drug-likeness (QED) is 0.781. The minimum absolute atomic E-state index is 0.727. The summed E-state index contributed by atoms with van der Waals surface area (Å²) in [6.07, 6.45) is 5.75. The zero-order valence-electron chi connectivity index (χ0n) is 8.27. The van der Waals surface area contributed by atoms with Crippen molar-refractivity contribution >= 4 is 11.0 Å². The van der Waals surface area contributed by atoms with Crippen molar-refractivity contribution in [2.75, 3.05) is 6.54 Å². The molecule has 4 heteroatoms. The SMILES string of the molecule is Cn1ncc2cc(CCCN)cnc21. The minimum Gasteiger partial charge on any atom is -0.330 e. The lowest BCUT2D eigenvalue weighted by atomic mass is 10.1. The van der Waals surface area contributed by atoms with Gasteiger partial charge in [0.2, 0.25) is 0 Å². The smallest absolute Gasteiger partial charge is 0.157 e. The number of pyridine rings is 1. The van der Waals surface area contributed by atoms with Crippen molar-refractivity contribution in [1.29, 1.82) is 0 Å². The van der Waals surface area contributed by atoms with Gasteiger partial charge in [-0.25, -0.2) is 4.98 Å². The highest BCUT2D eigenvalue weighted by Crippen LogP contribution is 2.12. The van der Waals surface area contributed by atoms with Crippen LogP contribution >= 0.6 is 0 Å². The van der Waals surface area contributed by atoms with Crippen molar-refractivity contribution < 1.29 is 0 Å². The molecule has 0 saturated heterocycles. The summed E-state index contributed by atoms with van der Waals surface area (Å²) in [7, 11) is 1.90. The van der Waals surface area contributed by atoms with Crippen LogP contribution < -0.4 is 5.73 Å². The van der Waals surface area contributed by atoms with Crippen LogP contribution in [0.1, 0.15) is 12.0 Å². The van der Waals surface area contributed by atoms with E-state index in [9.17, 15) is 0 Å². The molecule has 0 aliphatic heterocycles. The maximum Gasteiger partial charge on any atom is 0.157 e. The highest BCUT2D eigenvalue weighted by molar-refractivity contribution is 5.74. The van der Waals surface area contributed by atoms with Gasteiger partial charge in [0.05, 0.1) is 6.20 Å². The molecule has 4 nitrogen and oxygen atoms in total. The zero-order chi connectivity index (χ0) is 9.97. The maximum atomic E-state index is 5.46. The van der Waals surface area contributed by atoms with Crippen molar-refractivity contribution in [1.82, 2.24) is 14.8 Å². The Labute approximate surface area is 82.7 Å². The first-order valence-electron chi connectivity index (χ1n) is 4.78. The van der Waals surface area contributed by atoms with E-state index in [1.807, 2.05) is 19.4 Å². The highest BCUT2D eigenvalue weighted by atomic mass is 15.3. The van der Waals surface area contributed by atoms with Crippen LogP contribution in [0.15, 0.2) is 18.5 Å².